The van der Waals surface area contributed by atoms with Crippen LogP contribution in [0.3, 0.4) is 0 Å². The molecule has 4 rings (SSSR count). The third kappa shape index (κ3) is 3.28. The van der Waals surface area contributed by atoms with Gasteiger partial charge in [0.25, 0.3) is 11.5 Å². The Bertz CT molecular complexity index is 1040. The second-order valence-electron chi connectivity index (χ2n) is 6.86. The van der Waals surface area contributed by atoms with E-state index in [2.05, 4.69) is 15.1 Å². The Morgan fingerprint density at radius 3 is 2.70 bits per heavy atom. The van der Waals surface area contributed by atoms with Gasteiger partial charge in [0.1, 0.15) is 22.8 Å². The molecule has 1 fully saturated rings. The number of rotatable bonds is 3. The Morgan fingerprint density at radius 1 is 1.26 bits per heavy atom. The summed E-state index contributed by atoms with van der Waals surface area (Å²) in [7, 11) is 0. The zero-order valence-electron chi connectivity index (χ0n) is 15.2. The van der Waals surface area contributed by atoms with Crippen molar-refractivity contribution in [1.29, 1.82) is 0 Å². The molecule has 0 saturated carbocycles. The molecule has 138 valence electrons. The molecule has 1 N–H and O–H groups in total. The minimum atomic E-state index is -0.437. The number of amides is 1. The minimum absolute atomic E-state index is 0.0398. The topological polar surface area (TPSA) is 92.1 Å². The number of carbonyl (C=O) groups excluding carboxylic acids is 1. The highest BCUT2D eigenvalue weighted by atomic mass is 16.5. The molecule has 0 bridgehead atoms. The standard InChI is InChI=1S/C20H20N4O3/c1-12-5-7-14(8-6-12)18-21-11-15(19(25)22-18)20(26)24-9-3-4-17(24)16-10-13(2)27-23-16/h5-8,10-11,17H,3-4,9H2,1-2H3,(H,21,22,25)/t17-/m0/s1. The quantitative estimate of drug-likeness (QED) is 0.771. The molecule has 27 heavy (non-hydrogen) atoms. The highest BCUT2D eigenvalue weighted by Gasteiger charge is 2.33. The fraction of sp³-hybridized carbons (Fsp3) is 0.300. The minimum Gasteiger partial charge on any atom is -0.361 e. The molecule has 1 atom stereocenters. The molecule has 1 aromatic carbocycles. The molecule has 3 heterocycles. The number of aromatic nitrogens is 3. The van der Waals surface area contributed by atoms with E-state index in [1.165, 1.54) is 6.20 Å². The van der Waals surface area contributed by atoms with E-state index in [1.807, 2.05) is 44.2 Å². The van der Waals surface area contributed by atoms with Crippen molar-refractivity contribution < 1.29 is 9.32 Å². The first-order chi connectivity index (χ1) is 13.0. The van der Waals surface area contributed by atoms with Crippen LogP contribution in [0.15, 0.2) is 45.8 Å². The first-order valence-electron chi connectivity index (χ1n) is 8.93. The molecule has 1 aliphatic rings. The molecule has 1 saturated heterocycles. The average Bonchev–Trinajstić information content (AvgIpc) is 3.30. The summed E-state index contributed by atoms with van der Waals surface area (Å²) in [5.74, 6) is 0.815. The van der Waals surface area contributed by atoms with E-state index >= 15 is 0 Å². The van der Waals surface area contributed by atoms with Crippen LogP contribution in [0.25, 0.3) is 11.4 Å². The molecule has 1 amide bonds. The number of benzene rings is 1. The predicted molar refractivity (Wildman–Crippen MR) is 99.3 cm³/mol. The lowest BCUT2D eigenvalue weighted by atomic mass is 10.1. The second-order valence-corrected chi connectivity index (χ2v) is 6.86. The van der Waals surface area contributed by atoms with Gasteiger partial charge in [0, 0.05) is 24.4 Å². The number of H-pyrrole nitrogens is 1. The molecule has 0 aliphatic carbocycles. The van der Waals surface area contributed by atoms with Crippen molar-refractivity contribution in [2.24, 2.45) is 0 Å². The number of hydrogen-bond acceptors (Lipinski definition) is 5. The summed E-state index contributed by atoms with van der Waals surface area (Å²) in [5.41, 5.74) is 2.24. The van der Waals surface area contributed by atoms with Gasteiger partial charge in [-0.25, -0.2) is 4.98 Å². The van der Waals surface area contributed by atoms with E-state index in [1.54, 1.807) is 4.90 Å². The molecule has 7 nitrogen and oxygen atoms in total. The van der Waals surface area contributed by atoms with Gasteiger partial charge in [0.05, 0.1) is 6.04 Å². The zero-order valence-corrected chi connectivity index (χ0v) is 15.2. The highest BCUT2D eigenvalue weighted by molar-refractivity contribution is 5.94. The molecular weight excluding hydrogens is 344 g/mol. The van der Waals surface area contributed by atoms with Crippen molar-refractivity contribution in [1.82, 2.24) is 20.0 Å². The number of carbonyl (C=O) groups is 1. The highest BCUT2D eigenvalue weighted by Crippen LogP contribution is 2.32. The maximum absolute atomic E-state index is 13.0. The summed E-state index contributed by atoms with van der Waals surface area (Å²) in [6.07, 6.45) is 3.01. The summed E-state index contributed by atoms with van der Waals surface area (Å²) in [6, 6.07) is 9.33. The largest absolute Gasteiger partial charge is 0.361 e. The van der Waals surface area contributed by atoms with Crippen LogP contribution in [0, 0.1) is 13.8 Å². The van der Waals surface area contributed by atoms with Gasteiger partial charge in [-0.05, 0) is 26.7 Å². The lowest BCUT2D eigenvalue weighted by Crippen LogP contribution is -2.34. The Balaban J connectivity index is 1.62. The van der Waals surface area contributed by atoms with Crippen LogP contribution < -0.4 is 5.56 Å². The third-order valence-corrected chi connectivity index (χ3v) is 4.86. The van der Waals surface area contributed by atoms with Gasteiger partial charge in [-0.15, -0.1) is 0 Å². The van der Waals surface area contributed by atoms with Gasteiger partial charge < -0.3 is 14.4 Å². The fourth-order valence-electron chi connectivity index (χ4n) is 3.42. The third-order valence-electron chi connectivity index (χ3n) is 4.86. The molecule has 7 heteroatoms. The second kappa shape index (κ2) is 6.83. The average molecular weight is 364 g/mol. The Morgan fingerprint density at radius 2 is 2.04 bits per heavy atom. The van der Waals surface area contributed by atoms with Gasteiger partial charge in [-0.2, -0.15) is 0 Å². The zero-order chi connectivity index (χ0) is 19.0. The Hall–Kier alpha value is -3.22. The van der Waals surface area contributed by atoms with Crippen molar-refractivity contribution in [2.75, 3.05) is 6.54 Å². The summed E-state index contributed by atoms with van der Waals surface area (Å²) >= 11 is 0. The molecule has 0 spiro atoms. The predicted octanol–water partition coefficient (Wildman–Crippen LogP) is 3.02. The monoisotopic (exact) mass is 364 g/mol. The maximum Gasteiger partial charge on any atom is 0.264 e. The van der Waals surface area contributed by atoms with Crippen LogP contribution >= 0.6 is 0 Å². The maximum atomic E-state index is 13.0. The number of nitrogens with one attached hydrogen (secondary N) is 1. The smallest absolute Gasteiger partial charge is 0.264 e. The van der Waals surface area contributed by atoms with E-state index in [9.17, 15) is 9.59 Å². The summed E-state index contributed by atoms with van der Waals surface area (Å²) < 4.78 is 5.14. The van der Waals surface area contributed by atoms with Gasteiger partial charge in [0.2, 0.25) is 0 Å². The lowest BCUT2D eigenvalue weighted by molar-refractivity contribution is 0.0728. The van der Waals surface area contributed by atoms with Crippen molar-refractivity contribution in [3.8, 4) is 11.4 Å². The van der Waals surface area contributed by atoms with E-state index in [4.69, 9.17) is 4.52 Å². The van der Waals surface area contributed by atoms with E-state index in [0.29, 0.717) is 18.1 Å². The van der Waals surface area contributed by atoms with E-state index in [-0.39, 0.29) is 17.5 Å². The van der Waals surface area contributed by atoms with Crippen molar-refractivity contribution >= 4 is 5.91 Å². The van der Waals surface area contributed by atoms with Crippen LogP contribution in [0.4, 0.5) is 0 Å². The normalized spacial score (nSPS) is 16.7. The summed E-state index contributed by atoms with van der Waals surface area (Å²) in [5, 5.41) is 4.04. The van der Waals surface area contributed by atoms with Crippen LogP contribution in [-0.2, 0) is 0 Å². The number of aryl methyl sites for hydroxylation is 2. The van der Waals surface area contributed by atoms with Crippen molar-refractivity contribution in [2.45, 2.75) is 32.7 Å². The first kappa shape index (κ1) is 17.2. The van der Waals surface area contributed by atoms with Crippen LogP contribution in [0.5, 0.6) is 0 Å². The van der Waals surface area contributed by atoms with Gasteiger partial charge in [-0.1, -0.05) is 35.0 Å². The molecule has 0 radical (unpaired) electrons. The number of likely N-dealkylation sites (tertiary alicyclic amines) is 1. The summed E-state index contributed by atoms with van der Waals surface area (Å²) in [6.45, 7) is 4.38. The number of hydrogen-bond donors (Lipinski definition) is 1. The summed E-state index contributed by atoms with van der Waals surface area (Å²) in [4.78, 5) is 34.2. The fourth-order valence-corrected chi connectivity index (χ4v) is 3.42. The number of nitrogens with zero attached hydrogens (tertiary/aromatic N) is 3. The van der Waals surface area contributed by atoms with Crippen molar-refractivity contribution in [3.63, 3.8) is 0 Å². The molecule has 0 unspecified atom stereocenters. The lowest BCUT2D eigenvalue weighted by Gasteiger charge is -2.22. The van der Waals surface area contributed by atoms with Crippen LogP contribution in [0.1, 0.15) is 46.3 Å². The van der Waals surface area contributed by atoms with E-state index < -0.39 is 5.56 Å². The van der Waals surface area contributed by atoms with E-state index in [0.717, 1.165) is 29.7 Å². The Kier molecular flexibility index (Phi) is 4.35. The Labute approximate surface area is 156 Å². The van der Waals surface area contributed by atoms with Crippen molar-refractivity contribution in [3.05, 3.63) is 69.5 Å². The van der Waals surface area contributed by atoms with Gasteiger partial charge in [0.15, 0.2) is 0 Å². The molecule has 1 aliphatic heterocycles. The molecular formula is C20H20N4O3. The van der Waals surface area contributed by atoms with Gasteiger partial charge in [-0.3, -0.25) is 9.59 Å². The van der Waals surface area contributed by atoms with Gasteiger partial charge >= 0.3 is 0 Å². The SMILES string of the molecule is Cc1ccc(-c2ncc(C(=O)N3CCC[C@H]3c3cc(C)on3)c(=O)[nH]2)cc1. The molecule has 3 aromatic rings. The van der Waals surface area contributed by atoms with Crippen LogP contribution in [-0.4, -0.2) is 32.5 Å². The number of aromatic amines is 1. The van der Waals surface area contributed by atoms with Crippen LogP contribution in [0.2, 0.25) is 0 Å². The first-order valence-corrected chi connectivity index (χ1v) is 8.93. The molecule has 2 aromatic heterocycles.